The first-order valence-corrected chi connectivity index (χ1v) is 8.21. The SMILES string of the molecule is Cc1ccc2c(c1)nc(CCl)n2-c1ccc(Br)cc1Br. The van der Waals surface area contributed by atoms with Crippen molar-refractivity contribution < 1.29 is 0 Å². The first-order valence-electron chi connectivity index (χ1n) is 6.09. The quantitative estimate of drug-likeness (QED) is 0.499. The van der Waals surface area contributed by atoms with E-state index in [1.165, 1.54) is 5.56 Å². The van der Waals surface area contributed by atoms with E-state index in [0.717, 1.165) is 31.5 Å². The number of nitrogens with zero attached hydrogens (tertiary/aromatic N) is 2. The third-order valence-electron chi connectivity index (χ3n) is 3.15. The van der Waals surface area contributed by atoms with Crippen molar-refractivity contribution in [3.05, 3.63) is 56.7 Å². The number of imidazole rings is 1. The van der Waals surface area contributed by atoms with Gasteiger partial charge in [0.15, 0.2) is 0 Å². The molecular weight excluding hydrogens is 403 g/mol. The van der Waals surface area contributed by atoms with Gasteiger partial charge in [0.1, 0.15) is 5.82 Å². The van der Waals surface area contributed by atoms with Gasteiger partial charge in [-0.1, -0.05) is 22.0 Å². The van der Waals surface area contributed by atoms with E-state index in [1.54, 1.807) is 0 Å². The number of rotatable bonds is 2. The van der Waals surface area contributed by atoms with Crippen LogP contribution in [0.3, 0.4) is 0 Å². The van der Waals surface area contributed by atoms with Crippen LogP contribution in [0.25, 0.3) is 16.7 Å². The maximum absolute atomic E-state index is 6.07. The lowest BCUT2D eigenvalue weighted by molar-refractivity contribution is 0.977. The van der Waals surface area contributed by atoms with Crippen molar-refractivity contribution in [1.82, 2.24) is 9.55 Å². The number of benzene rings is 2. The molecule has 0 aliphatic heterocycles. The maximum atomic E-state index is 6.07. The van der Waals surface area contributed by atoms with Crippen molar-refractivity contribution in [3.63, 3.8) is 0 Å². The molecule has 20 heavy (non-hydrogen) atoms. The van der Waals surface area contributed by atoms with E-state index in [9.17, 15) is 0 Å². The summed E-state index contributed by atoms with van der Waals surface area (Å²) >= 11 is 13.2. The molecule has 2 nitrogen and oxygen atoms in total. The van der Waals surface area contributed by atoms with Crippen molar-refractivity contribution in [1.29, 1.82) is 0 Å². The van der Waals surface area contributed by atoms with Crippen molar-refractivity contribution in [2.24, 2.45) is 0 Å². The van der Waals surface area contributed by atoms with E-state index in [2.05, 4.69) is 66.5 Å². The Morgan fingerprint density at radius 3 is 2.65 bits per heavy atom. The average Bonchev–Trinajstić information content (AvgIpc) is 2.76. The number of hydrogen-bond donors (Lipinski definition) is 0. The summed E-state index contributed by atoms with van der Waals surface area (Å²) in [4.78, 5) is 4.63. The molecule has 102 valence electrons. The van der Waals surface area contributed by atoms with Gasteiger partial charge in [0.2, 0.25) is 0 Å². The summed E-state index contributed by atoms with van der Waals surface area (Å²) in [7, 11) is 0. The lowest BCUT2D eigenvalue weighted by Gasteiger charge is -2.10. The Hall–Kier alpha value is -0.840. The second-order valence-corrected chi connectivity index (χ2v) is 6.62. The van der Waals surface area contributed by atoms with Crippen LogP contribution >= 0.6 is 43.5 Å². The monoisotopic (exact) mass is 412 g/mol. The van der Waals surface area contributed by atoms with E-state index in [-0.39, 0.29) is 0 Å². The predicted molar refractivity (Wildman–Crippen MR) is 90.8 cm³/mol. The topological polar surface area (TPSA) is 17.8 Å². The third-order valence-corrected chi connectivity index (χ3v) is 4.52. The van der Waals surface area contributed by atoms with Gasteiger partial charge in [-0.15, -0.1) is 11.6 Å². The highest BCUT2D eigenvalue weighted by Crippen LogP contribution is 2.30. The Labute approximate surface area is 139 Å². The second kappa shape index (κ2) is 5.51. The highest BCUT2D eigenvalue weighted by atomic mass is 79.9. The van der Waals surface area contributed by atoms with Gasteiger partial charge in [-0.3, -0.25) is 4.57 Å². The number of alkyl halides is 1. The van der Waals surface area contributed by atoms with Crippen LogP contribution in [0.15, 0.2) is 45.3 Å². The van der Waals surface area contributed by atoms with Crippen LogP contribution in [0.5, 0.6) is 0 Å². The largest absolute Gasteiger partial charge is 0.294 e. The van der Waals surface area contributed by atoms with Gasteiger partial charge in [-0.05, 0) is 58.7 Å². The summed E-state index contributed by atoms with van der Waals surface area (Å²) < 4.78 is 4.12. The molecule has 0 spiro atoms. The molecule has 0 saturated carbocycles. The van der Waals surface area contributed by atoms with E-state index in [4.69, 9.17) is 11.6 Å². The zero-order valence-electron chi connectivity index (χ0n) is 10.7. The molecule has 0 bridgehead atoms. The van der Waals surface area contributed by atoms with Gasteiger partial charge in [0, 0.05) is 8.95 Å². The second-order valence-electron chi connectivity index (χ2n) is 4.58. The van der Waals surface area contributed by atoms with Crippen LogP contribution in [0, 0.1) is 6.92 Å². The van der Waals surface area contributed by atoms with Crippen molar-refractivity contribution in [2.75, 3.05) is 0 Å². The number of fused-ring (bicyclic) bond motifs is 1. The Kier molecular flexibility index (Phi) is 3.89. The minimum atomic E-state index is 0.371. The fourth-order valence-electron chi connectivity index (χ4n) is 2.26. The number of aryl methyl sites for hydroxylation is 1. The summed E-state index contributed by atoms with van der Waals surface area (Å²) in [6, 6.07) is 12.3. The third kappa shape index (κ3) is 2.41. The van der Waals surface area contributed by atoms with Crippen LogP contribution in [0.1, 0.15) is 11.4 Å². The average molecular weight is 415 g/mol. The molecule has 0 unspecified atom stereocenters. The standard InChI is InChI=1S/C15H11Br2ClN2/c1-9-2-4-14-12(6-9)19-15(8-18)20(14)13-5-3-10(16)7-11(13)17/h2-7H,8H2,1H3. The van der Waals surface area contributed by atoms with Crippen molar-refractivity contribution in [3.8, 4) is 5.69 Å². The van der Waals surface area contributed by atoms with Gasteiger partial charge in [0.05, 0.1) is 22.6 Å². The predicted octanol–water partition coefficient (Wildman–Crippen LogP) is 5.60. The highest BCUT2D eigenvalue weighted by molar-refractivity contribution is 9.11. The van der Waals surface area contributed by atoms with Gasteiger partial charge >= 0.3 is 0 Å². The van der Waals surface area contributed by atoms with Crippen LogP contribution in [-0.4, -0.2) is 9.55 Å². The Balaban J connectivity index is 2.34. The molecule has 1 heterocycles. The molecular formula is C15H11Br2ClN2. The molecule has 2 aromatic carbocycles. The van der Waals surface area contributed by atoms with Gasteiger partial charge < -0.3 is 0 Å². The van der Waals surface area contributed by atoms with Crippen LogP contribution in [0.4, 0.5) is 0 Å². The Morgan fingerprint density at radius 2 is 1.95 bits per heavy atom. The van der Waals surface area contributed by atoms with Crippen LogP contribution in [0.2, 0.25) is 0 Å². The Morgan fingerprint density at radius 1 is 1.15 bits per heavy atom. The normalized spacial score (nSPS) is 11.2. The van der Waals surface area contributed by atoms with E-state index >= 15 is 0 Å². The summed E-state index contributed by atoms with van der Waals surface area (Å²) in [6.07, 6.45) is 0. The molecule has 0 N–H and O–H groups in total. The van der Waals surface area contributed by atoms with Gasteiger partial charge in [0.25, 0.3) is 0 Å². The summed E-state index contributed by atoms with van der Waals surface area (Å²) in [5.74, 6) is 1.21. The molecule has 3 rings (SSSR count). The molecule has 0 amide bonds. The minimum Gasteiger partial charge on any atom is -0.294 e. The smallest absolute Gasteiger partial charge is 0.129 e. The number of hydrogen-bond acceptors (Lipinski definition) is 1. The summed E-state index contributed by atoms with van der Waals surface area (Å²) in [5, 5.41) is 0. The molecule has 1 aromatic heterocycles. The first kappa shape index (κ1) is 14.1. The molecule has 5 heteroatoms. The lowest BCUT2D eigenvalue weighted by atomic mass is 10.2. The molecule has 0 atom stereocenters. The lowest BCUT2D eigenvalue weighted by Crippen LogP contribution is -2.00. The summed E-state index contributed by atoms with van der Waals surface area (Å²) in [5.41, 5.74) is 4.26. The van der Waals surface area contributed by atoms with E-state index < -0.39 is 0 Å². The molecule has 0 aliphatic rings. The molecule has 0 saturated heterocycles. The van der Waals surface area contributed by atoms with Crippen LogP contribution < -0.4 is 0 Å². The highest BCUT2D eigenvalue weighted by Gasteiger charge is 2.14. The van der Waals surface area contributed by atoms with Crippen molar-refractivity contribution in [2.45, 2.75) is 12.8 Å². The van der Waals surface area contributed by atoms with E-state index in [1.807, 2.05) is 18.2 Å². The van der Waals surface area contributed by atoms with Gasteiger partial charge in [-0.2, -0.15) is 0 Å². The molecule has 0 radical (unpaired) electrons. The number of aromatic nitrogens is 2. The zero-order chi connectivity index (χ0) is 14.3. The summed E-state index contributed by atoms with van der Waals surface area (Å²) in [6.45, 7) is 2.06. The fourth-order valence-corrected chi connectivity index (χ4v) is 3.66. The maximum Gasteiger partial charge on any atom is 0.129 e. The number of halogens is 3. The fraction of sp³-hybridized carbons (Fsp3) is 0.133. The van der Waals surface area contributed by atoms with Crippen LogP contribution in [-0.2, 0) is 5.88 Å². The molecule has 0 aliphatic carbocycles. The van der Waals surface area contributed by atoms with Crippen molar-refractivity contribution >= 4 is 54.5 Å². The molecule has 3 aromatic rings. The molecule has 0 fully saturated rings. The van der Waals surface area contributed by atoms with E-state index in [0.29, 0.717) is 5.88 Å². The Bertz CT molecular complexity index is 796. The minimum absolute atomic E-state index is 0.371. The first-order chi connectivity index (χ1) is 9.60. The van der Waals surface area contributed by atoms with Gasteiger partial charge in [-0.25, -0.2) is 4.98 Å². The zero-order valence-corrected chi connectivity index (χ0v) is 14.6.